The lowest BCUT2D eigenvalue weighted by Crippen LogP contribution is -2.00. The van der Waals surface area contributed by atoms with Crippen molar-refractivity contribution in [1.29, 1.82) is 0 Å². The average Bonchev–Trinajstić information content (AvgIpc) is 3.85. The summed E-state index contributed by atoms with van der Waals surface area (Å²) in [5.41, 5.74) is 12.8. The van der Waals surface area contributed by atoms with Crippen LogP contribution < -0.4 is 0 Å². The first-order valence-corrected chi connectivity index (χ1v) is 18.7. The first kappa shape index (κ1) is 31.9. The minimum absolute atomic E-state index is 0.617. The van der Waals surface area contributed by atoms with Gasteiger partial charge in [-0.05, 0) is 75.8 Å². The van der Waals surface area contributed by atoms with Gasteiger partial charge in [-0.1, -0.05) is 146 Å². The van der Waals surface area contributed by atoms with Crippen molar-refractivity contribution >= 4 is 43.9 Å². The molecule has 0 atom stereocenters. The molecule has 0 radical (unpaired) electrons. The Morgan fingerprint density at radius 3 is 1.54 bits per heavy atom. The molecule has 3 heterocycles. The van der Waals surface area contributed by atoms with Gasteiger partial charge in [-0.25, -0.2) is 15.0 Å². The fraction of sp³-hybridized carbons (Fsp3) is 0. The Morgan fingerprint density at radius 1 is 0.268 bits per heavy atom. The summed E-state index contributed by atoms with van der Waals surface area (Å²) in [6.07, 6.45) is 0. The Morgan fingerprint density at radius 2 is 0.786 bits per heavy atom. The summed E-state index contributed by atoms with van der Waals surface area (Å²) in [5.74, 6) is 1.88. The van der Waals surface area contributed by atoms with E-state index in [0.717, 1.165) is 93.9 Å². The van der Waals surface area contributed by atoms with Crippen molar-refractivity contribution in [2.24, 2.45) is 0 Å². The maximum atomic E-state index is 6.39. The summed E-state index contributed by atoms with van der Waals surface area (Å²) in [4.78, 5) is 14.9. The third kappa shape index (κ3) is 5.45. The molecule has 0 aliphatic carbocycles. The summed E-state index contributed by atoms with van der Waals surface area (Å²) >= 11 is 0. The van der Waals surface area contributed by atoms with Gasteiger partial charge in [-0.15, -0.1) is 0 Å². The van der Waals surface area contributed by atoms with E-state index in [0.29, 0.717) is 17.5 Å². The minimum Gasteiger partial charge on any atom is -0.456 e. The molecule has 0 bridgehead atoms. The van der Waals surface area contributed by atoms with E-state index in [2.05, 4.69) is 103 Å². The van der Waals surface area contributed by atoms with Gasteiger partial charge in [-0.2, -0.15) is 0 Å². The third-order valence-corrected chi connectivity index (χ3v) is 10.6. The van der Waals surface area contributed by atoms with Crippen LogP contribution in [0.5, 0.6) is 0 Å². The Hall–Kier alpha value is -7.63. The lowest BCUT2D eigenvalue weighted by atomic mass is 9.88. The van der Waals surface area contributed by atoms with E-state index < -0.39 is 0 Å². The topological polar surface area (TPSA) is 65.0 Å². The van der Waals surface area contributed by atoms with Gasteiger partial charge in [0.25, 0.3) is 0 Å². The number of hydrogen-bond acceptors (Lipinski definition) is 5. The molecule has 0 fully saturated rings. The molecule has 0 aliphatic heterocycles. The highest BCUT2D eigenvalue weighted by atomic mass is 16.3. The normalized spacial score (nSPS) is 11.6. The molecule has 5 heteroatoms. The van der Waals surface area contributed by atoms with Gasteiger partial charge in [0.2, 0.25) is 0 Å². The van der Waals surface area contributed by atoms with Crippen LogP contribution >= 0.6 is 0 Å². The summed E-state index contributed by atoms with van der Waals surface area (Å²) in [5, 5.41) is 4.38. The molecule has 0 N–H and O–H groups in total. The van der Waals surface area contributed by atoms with Gasteiger partial charge in [-0.3, -0.25) is 0 Å². The van der Waals surface area contributed by atoms with Crippen LogP contribution in [0.4, 0.5) is 0 Å². The summed E-state index contributed by atoms with van der Waals surface area (Å²) in [6, 6.07) is 64.7. The Bertz CT molecular complexity index is 3200. The molecule has 5 nitrogen and oxygen atoms in total. The quantitative estimate of drug-likeness (QED) is 0.171. The second-order valence-electron chi connectivity index (χ2n) is 14.0. The van der Waals surface area contributed by atoms with Crippen LogP contribution in [0.15, 0.2) is 197 Å². The van der Waals surface area contributed by atoms with Gasteiger partial charge >= 0.3 is 0 Å². The number of hydrogen-bond donors (Lipinski definition) is 0. The maximum absolute atomic E-state index is 6.39. The number of benzene rings is 8. The molecule has 262 valence electrons. The predicted octanol–water partition coefficient (Wildman–Crippen LogP) is 13.7. The van der Waals surface area contributed by atoms with Gasteiger partial charge in [0.1, 0.15) is 22.3 Å². The van der Waals surface area contributed by atoms with Crippen LogP contribution in [0.25, 0.3) is 111 Å². The highest BCUT2D eigenvalue weighted by Gasteiger charge is 2.19. The van der Waals surface area contributed by atoms with E-state index in [1.54, 1.807) is 0 Å². The molecule has 0 saturated heterocycles. The molecule has 0 amide bonds. The standard InChI is InChI=1S/C51H31N3O2/c1-3-13-32(14-4-1)49-52-50(33-15-5-2-6-16-33)54-51(53-49)37-18-11-17-34(29-37)35-25-27-38(36-26-28-46-43(31-36)39-19-7-9-22-44(39)55-46)42(30-35)40-21-12-24-47-48(40)41-20-8-10-23-45(41)56-47/h1-31H. The SMILES string of the molecule is c1ccc(-c2nc(-c3ccccc3)nc(-c3cccc(-c4ccc(-c5ccc6oc7ccccc7c6c5)c(-c5cccc6oc7ccccc7c56)c4)c3)n2)cc1. The van der Waals surface area contributed by atoms with Gasteiger partial charge in [0.15, 0.2) is 17.5 Å². The number of aromatic nitrogens is 3. The zero-order valence-corrected chi connectivity index (χ0v) is 30.1. The second kappa shape index (κ2) is 13.0. The second-order valence-corrected chi connectivity index (χ2v) is 14.0. The molecular formula is C51H31N3O2. The number of para-hydroxylation sites is 2. The summed E-state index contributed by atoms with van der Waals surface area (Å²) < 4.78 is 12.6. The molecule has 3 aromatic heterocycles. The largest absolute Gasteiger partial charge is 0.456 e. The molecule has 11 aromatic rings. The minimum atomic E-state index is 0.617. The molecule has 8 aromatic carbocycles. The fourth-order valence-electron chi connectivity index (χ4n) is 7.87. The third-order valence-electron chi connectivity index (χ3n) is 10.6. The van der Waals surface area contributed by atoms with Crippen molar-refractivity contribution in [2.75, 3.05) is 0 Å². The maximum Gasteiger partial charge on any atom is 0.164 e. The Kier molecular flexibility index (Phi) is 7.42. The van der Waals surface area contributed by atoms with E-state index >= 15 is 0 Å². The van der Waals surface area contributed by atoms with E-state index in [1.807, 2.05) is 84.9 Å². The lowest BCUT2D eigenvalue weighted by molar-refractivity contribution is 0.668. The van der Waals surface area contributed by atoms with Crippen LogP contribution in [0.1, 0.15) is 0 Å². The Labute approximate surface area is 322 Å². The van der Waals surface area contributed by atoms with Crippen molar-refractivity contribution in [1.82, 2.24) is 15.0 Å². The molecule has 0 unspecified atom stereocenters. The van der Waals surface area contributed by atoms with Crippen molar-refractivity contribution in [3.63, 3.8) is 0 Å². The number of rotatable bonds is 6. The molecular weight excluding hydrogens is 687 g/mol. The molecule has 0 saturated carbocycles. The Balaban J connectivity index is 1.10. The molecule has 0 aliphatic rings. The van der Waals surface area contributed by atoms with Crippen LogP contribution in [0.2, 0.25) is 0 Å². The van der Waals surface area contributed by atoms with Crippen LogP contribution in [-0.2, 0) is 0 Å². The van der Waals surface area contributed by atoms with Crippen molar-refractivity contribution < 1.29 is 8.83 Å². The number of furan rings is 2. The average molecular weight is 718 g/mol. The molecule has 56 heavy (non-hydrogen) atoms. The van der Waals surface area contributed by atoms with Crippen molar-refractivity contribution in [2.45, 2.75) is 0 Å². The van der Waals surface area contributed by atoms with E-state index in [9.17, 15) is 0 Å². The monoisotopic (exact) mass is 717 g/mol. The predicted molar refractivity (Wildman–Crippen MR) is 227 cm³/mol. The first-order valence-electron chi connectivity index (χ1n) is 18.7. The highest BCUT2D eigenvalue weighted by molar-refractivity contribution is 6.14. The summed E-state index contributed by atoms with van der Waals surface area (Å²) in [6.45, 7) is 0. The molecule has 0 spiro atoms. The zero-order valence-electron chi connectivity index (χ0n) is 30.1. The van der Waals surface area contributed by atoms with Crippen molar-refractivity contribution in [3.05, 3.63) is 188 Å². The van der Waals surface area contributed by atoms with Crippen LogP contribution in [-0.4, -0.2) is 15.0 Å². The highest BCUT2D eigenvalue weighted by Crippen LogP contribution is 2.43. The number of fused-ring (bicyclic) bond motifs is 6. The molecule has 11 rings (SSSR count). The van der Waals surface area contributed by atoms with Gasteiger partial charge in [0, 0.05) is 38.2 Å². The smallest absolute Gasteiger partial charge is 0.164 e. The van der Waals surface area contributed by atoms with Gasteiger partial charge in [0.05, 0.1) is 0 Å². The van der Waals surface area contributed by atoms with Gasteiger partial charge < -0.3 is 8.83 Å². The lowest BCUT2D eigenvalue weighted by Gasteiger charge is -2.15. The number of nitrogens with zero attached hydrogens (tertiary/aromatic N) is 3. The first-order chi connectivity index (χ1) is 27.7. The van der Waals surface area contributed by atoms with E-state index in [4.69, 9.17) is 23.8 Å². The van der Waals surface area contributed by atoms with E-state index in [-0.39, 0.29) is 0 Å². The van der Waals surface area contributed by atoms with Crippen molar-refractivity contribution in [3.8, 4) is 67.5 Å². The summed E-state index contributed by atoms with van der Waals surface area (Å²) in [7, 11) is 0. The fourth-order valence-corrected chi connectivity index (χ4v) is 7.87. The zero-order chi connectivity index (χ0) is 37.0. The van der Waals surface area contributed by atoms with Crippen LogP contribution in [0, 0.1) is 0 Å². The van der Waals surface area contributed by atoms with Crippen LogP contribution in [0.3, 0.4) is 0 Å². The van der Waals surface area contributed by atoms with E-state index in [1.165, 1.54) is 0 Å².